The van der Waals surface area contributed by atoms with Gasteiger partial charge in [-0.2, -0.15) is 4.57 Å². The van der Waals surface area contributed by atoms with Crippen molar-refractivity contribution >= 4 is 22.7 Å². The Labute approximate surface area is 153 Å². The third-order valence-electron chi connectivity index (χ3n) is 3.94. The van der Waals surface area contributed by atoms with Crippen LogP contribution in [0.5, 0.6) is 0 Å². The van der Waals surface area contributed by atoms with Crippen LogP contribution in [0.4, 0.5) is 0 Å². The fourth-order valence-corrected chi connectivity index (χ4v) is 2.73. The summed E-state index contributed by atoms with van der Waals surface area (Å²) in [5.41, 5.74) is 1.47. The van der Waals surface area contributed by atoms with Crippen LogP contribution in [0.2, 0.25) is 0 Å². The Morgan fingerprint density at radius 2 is 1.50 bits per heavy atom. The molecule has 0 aliphatic rings. The first-order valence-electron chi connectivity index (χ1n) is 8.57. The molecule has 0 atom stereocenters. The van der Waals surface area contributed by atoms with Crippen molar-refractivity contribution in [2.45, 2.75) is 32.9 Å². The number of para-hydroxylation sites is 1. The number of pyridine rings is 1. The van der Waals surface area contributed by atoms with Crippen molar-refractivity contribution in [2.24, 2.45) is 0 Å². The van der Waals surface area contributed by atoms with Crippen LogP contribution in [0.25, 0.3) is 10.9 Å². The van der Waals surface area contributed by atoms with E-state index in [4.69, 9.17) is 4.74 Å². The number of nitrogens with zero attached hydrogens (tertiary/aromatic N) is 1. The maximum Gasteiger partial charge on any atom is 0.338 e. The topological polar surface area (TPSA) is 47.3 Å². The minimum atomic E-state index is -0.545. The molecule has 0 saturated carbocycles. The van der Waals surface area contributed by atoms with Gasteiger partial charge in [0.25, 0.3) is 0 Å². The number of rotatable bonds is 4. The van der Waals surface area contributed by atoms with E-state index in [1.165, 1.54) is 0 Å². The van der Waals surface area contributed by atoms with Gasteiger partial charge in [-0.25, -0.2) is 4.79 Å². The number of benzene rings is 2. The fourth-order valence-electron chi connectivity index (χ4n) is 2.73. The molecule has 132 valence electrons. The zero-order chi connectivity index (χ0) is 18.7. The molecule has 2 aromatic carbocycles. The SMILES string of the molecule is CC(C)(C)OC(=O)c1ccc(C(=O)C[n+]2cccc3ccccc32)cc1. The molecule has 4 heteroatoms. The van der Waals surface area contributed by atoms with Crippen molar-refractivity contribution in [3.05, 3.63) is 78.0 Å². The van der Waals surface area contributed by atoms with Crippen LogP contribution in [0.3, 0.4) is 0 Å². The summed E-state index contributed by atoms with van der Waals surface area (Å²) in [4.78, 5) is 24.7. The van der Waals surface area contributed by atoms with Gasteiger partial charge in [0, 0.05) is 23.1 Å². The van der Waals surface area contributed by atoms with E-state index in [-0.39, 0.29) is 18.3 Å². The van der Waals surface area contributed by atoms with Gasteiger partial charge in [-0.05, 0) is 45.0 Å². The Hall–Kier alpha value is -3.01. The second kappa shape index (κ2) is 7.08. The van der Waals surface area contributed by atoms with E-state index in [2.05, 4.69) is 0 Å². The predicted molar refractivity (Wildman–Crippen MR) is 100 cm³/mol. The smallest absolute Gasteiger partial charge is 0.338 e. The number of hydrogen-bond donors (Lipinski definition) is 0. The highest BCUT2D eigenvalue weighted by Crippen LogP contribution is 2.14. The van der Waals surface area contributed by atoms with E-state index >= 15 is 0 Å². The van der Waals surface area contributed by atoms with Gasteiger partial charge in [0.15, 0.2) is 6.20 Å². The fraction of sp³-hybridized carbons (Fsp3) is 0.227. The summed E-state index contributed by atoms with van der Waals surface area (Å²) >= 11 is 0. The van der Waals surface area contributed by atoms with E-state index in [0.717, 1.165) is 10.9 Å². The van der Waals surface area contributed by atoms with E-state index in [9.17, 15) is 9.59 Å². The molecule has 1 heterocycles. The molecule has 3 rings (SSSR count). The van der Waals surface area contributed by atoms with Gasteiger partial charge in [0.1, 0.15) is 5.60 Å². The summed E-state index contributed by atoms with van der Waals surface area (Å²) in [6.07, 6.45) is 1.90. The van der Waals surface area contributed by atoms with Gasteiger partial charge in [-0.15, -0.1) is 0 Å². The van der Waals surface area contributed by atoms with Gasteiger partial charge >= 0.3 is 5.97 Å². The predicted octanol–water partition coefficient (Wildman–Crippen LogP) is 3.97. The lowest BCUT2D eigenvalue weighted by molar-refractivity contribution is -0.657. The lowest BCUT2D eigenvalue weighted by Crippen LogP contribution is -2.38. The van der Waals surface area contributed by atoms with Crippen molar-refractivity contribution in [3.8, 4) is 0 Å². The third kappa shape index (κ3) is 4.14. The molecule has 0 unspecified atom stereocenters. The number of aromatic nitrogens is 1. The summed E-state index contributed by atoms with van der Waals surface area (Å²) in [5.74, 6) is -0.401. The highest BCUT2D eigenvalue weighted by atomic mass is 16.6. The van der Waals surface area contributed by atoms with E-state index in [0.29, 0.717) is 11.1 Å². The zero-order valence-electron chi connectivity index (χ0n) is 15.2. The normalized spacial score (nSPS) is 11.3. The molecule has 0 saturated heterocycles. The summed E-state index contributed by atoms with van der Waals surface area (Å²) in [6, 6.07) is 18.5. The van der Waals surface area contributed by atoms with Crippen LogP contribution in [0.1, 0.15) is 41.5 Å². The molecular weight excluding hydrogens is 326 g/mol. The first kappa shape index (κ1) is 17.8. The van der Waals surface area contributed by atoms with E-state index in [1.54, 1.807) is 24.3 Å². The Morgan fingerprint density at radius 3 is 2.19 bits per heavy atom. The Bertz CT molecular complexity index is 948. The number of carbonyl (C=O) groups excluding carboxylic acids is 2. The standard InChI is InChI=1S/C22H22NO3/c1-22(2,3)26-21(25)18-12-10-17(11-13-18)20(24)15-23-14-6-8-16-7-4-5-9-19(16)23/h4-14H,15H2,1-3H3/q+1. The second-order valence-corrected chi connectivity index (χ2v) is 7.20. The van der Waals surface area contributed by atoms with E-state index < -0.39 is 5.60 Å². The number of ketones is 1. The largest absolute Gasteiger partial charge is 0.456 e. The molecule has 26 heavy (non-hydrogen) atoms. The molecule has 0 amide bonds. The molecule has 0 radical (unpaired) electrons. The Balaban J connectivity index is 1.77. The first-order valence-corrected chi connectivity index (χ1v) is 8.57. The summed E-state index contributed by atoms with van der Waals surface area (Å²) in [7, 11) is 0. The average Bonchev–Trinajstić information content (AvgIpc) is 2.61. The van der Waals surface area contributed by atoms with Crippen LogP contribution in [-0.2, 0) is 11.3 Å². The van der Waals surface area contributed by atoms with Gasteiger partial charge in [-0.1, -0.05) is 24.3 Å². The highest BCUT2D eigenvalue weighted by Gasteiger charge is 2.19. The minimum absolute atomic E-state index is 0.0120. The quantitative estimate of drug-likeness (QED) is 0.407. The van der Waals surface area contributed by atoms with Crippen molar-refractivity contribution < 1.29 is 18.9 Å². The molecule has 1 aromatic heterocycles. The number of esters is 1. The first-order chi connectivity index (χ1) is 12.3. The van der Waals surface area contributed by atoms with Crippen molar-refractivity contribution in [1.29, 1.82) is 0 Å². The molecule has 3 aromatic rings. The zero-order valence-corrected chi connectivity index (χ0v) is 15.2. The summed E-state index contributed by atoms with van der Waals surface area (Å²) in [6.45, 7) is 5.71. The monoisotopic (exact) mass is 348 g/mol. The second-order valence-electron chi connectivity index (χ2n) is 7.20. The van der Waals surface area contributed by atoms with Gasteiger partial charge < -0.3 is 4.74 Å². The van der Waals surface area contributed by atoms with Crippen LogP contribution < -0.4 is 4.57 Å². The lowest BCUT2D eigenvalue weighted by atomic mass is 10.1. The Kier molecular flexibility index (Phi) is 4.85. The molecule has 0 aliphatic heterocycles. The number of Topliss-reactive ketones (excluding diaryl/α,β-unsaturated/α-hetero) is 1. The number of carbonyl (C=O) groups is 2. The van der Waals surface area contributed by atoms with Crippen LogP contribution in [0.15, 0.2) is 66.9 Å². The maximum absolute atomic E-state index is 12.6. The maximum atomic E-state index is 12.6. The molecular formula is C22H22NO3+. The molecule has 0 fully saturated rings. The van der Waals surface area contributed by atoms with Gasteiger partial charge in [0.05, 0.1) is 5.56 Å². The highest BCUT2D eigenvalue weighted by molar-refractivity contribution is 5.97. The minimum Gasteiger partial charge on any atom is -0.456 e. The molecule has 4 nitrogen and oxygen atoms in total. The number of ether oxygens (including phenoxy) is 1. The number of hydrogen-bond acceptors (Lipinski definition) is 3. The Morgan fingerprint density at radius 1 is 0.885 bits per heavy atom. The van der Waals surface area contributed by atoms with E-state index in [1.807, 2.05) is 67.9 Å². The van der Waals surface area contributed by atoms with Crippen LogP contribution in [0, 0.1) is 0 Å². The molecule has 0 spiro atoms. The van der Waals surface area contributed by atoms with Crippen molar-refractivity contribution in [2.75, 3.05) is 0 Å². The van der Waals surface area contributed by atoms with Crippen molar-refractivity contribution in [1.82, 2.24) is 0 Å². The third-order valence-corrected chi connectivity index (χ3v) is 3.94. The van der Waals surface area contributed by atoms with Crippen LogP contribution in [-0.4, -0.2) is 17.4 Å². The van der Waals surface area contributed by atoms with Crippen molar-refractivity contribution in [3.63, 3.8) is 0 Å². The van der Waals surface area contributed by atoms with Crippen LogP contribution >= 0.6 is 0 Å². The number of fused-ring (bicyclic) bond motifs is 1. The van der Waals surface area contributed by atoms with Gasteiger partial charge in [-0.3, -0.25) is 4.79 Å². The van der Waals surface area contributed by atoms with Gasteiger partial charge in [0.2, 0.25) is 17.8 Å². The lowest BCUT2D eigenvalue weighted by Gasteiger charge is -2.19. The average molecular weight is 348 g/mol. The summed E-state index contributed by atoms with van der Waals surface area (Å²) < 4.78 is 7.27. The molecule has 0 N–H and O–H groups in total. The molecule has 0 bridgehead atoms. The summed E-state index contributed by atoms with van der Waals surface area (Å²) in [5, 5.41) is 1.09. The molecule has 0 aliphatic carbocycles.